The van der Waals surface area contributed by atoms with E-state index in [0.29, 0.717) is 37.9 Å². The first kappa shape index (κ1) is 15.5. The van der Waals surface area contributed by atoms with Gasteiger partial charge in [-0.25, -0.2) is 9.78 Å². The molecule has 7 heteroatoms. The largest absolute Gasteiger partial charge is 0.443 e. The monoisotopic (exact) mass is 309 g/mol. The van der Waals surface area contributed by atoms with Crippen LogP contribution in [0.4, 0.5) is 4.79 Å². The summed E-state index contributed by atoms with van der Waals surface area (Å²) in [5.41, 5.74) is 0.697. The third-order valence-electron chi connectivity index (χ3n) is 2.67. The van der Waals surface area contributed by atoms with Crippen molar-refractivity contribution in [3.8, 4) is 10.8 Å². The van der Waals surface area contributed by atoms with Crippen molar-refractivity contribution < 1.29 is 13.9 Å². The van der Waals surface area contributed by atoms with Gasteiger partial charge in [-0.15, -0.1) is 11.3 Å². The highest BCUT2D eigenvalue weighted by Gasteiger charge is 2.08. The minimum Gasteiger partial charge on any atom is -0.443 e. The number of aromatic nitrogens is 1. The fourth-order valence-electron chi connectivity index (χ4n) is 1.66. The maximum atomic E-state index is 11.6. The van der Waals surface area contributed by atoms with E-state index in [1.807, 2.05) is 24.4 Å². The van der Waals surface area contributed by atoms with Gasteiger partial charge in [0.1, 0.15) is 6.26 Å². The number of urea groups is 1. The second kappa shape index (κ2) is 8.43. The number of hydrogen-bond acceptors (Lipinski definition) is 5. The zero-order valence-corrected chi connectivity index (χ0v) is 12.7. The molecule has 0 aromatic carbocycles. The Morgan fingerprint density at radius 3 is 3.14 bits per heavy atom. The number of oxazole rings is 1. The van der Waals surface area contributed by atoms with Crippen LogP contribution in [-0.4, -0.2) is 30.8 Å². The topological polar surface area (TPSA) is 76.4 Å². The lowest BCUT2D eigenvalue weighted by atomic mass is 10.4. The number of nitrogens with one attached hydrogen (secondary N) is 2. The lowest BCUT2D eigenvalue weighted by Crippen LogP contribution is -2.35. The summed E-state index contributed by atoms with van der Waals surface area (Å²) in [6.07, 6.45) is 2.36. The number of carbonyl (C=O) groups excluding carboxylic acids is 1. The van der Waals surface area contributed by atoms with Crippen LogP contribution in [0.5, 0.6) is 0 Å². The Labute approximate surface area is 127 Å². The molecule has 0 radical (unpaired) electrons. The molecule has 0 aliphatic heterocycles. The van der Waals surface area contributed by atoms with Crippen molar-refractivity contribution in [2.24, 2.45) is 0 Å². The van der Waals surface area contributed by atoms with E-state index in [2.05, 4.69) is 15.6 Å². The van der Waals surface area contributed by atoms with Crippen molar-refractivity contribution in [3.05, 3.63) is 29.5 Å². The van der Waals surface area contributed by atoms with Gasteiger partial charge in [0.15, 0.2) is 0 Å². The van der Waals surface area contributed by atoms with Crippen molar-refractivity contribution in [2.45, 2.75) is 19.9 Å². The number of hydrogen-bond donors (Lipinski definition) is 2. The molecule has 0 aliphatic carbocycles. The normalized spacial score (nSPS) is 10.5. The summed E-state index contributed by atoms with van der Waals surface area (Å²) in [6, 6.07) is 3.67. The highest BCUT2D eigenvalue weighted by atomic mass is 32.1. The molecule has 2 aromatic heterocycles. The first-order valence-electron chi connectivity index (χ1n) is 6.87. The third-order valence-corrected chi connectivity index (χ3v) is 3.53. The second-order valence-corrected chi connectivity index (χ2v) is 5.23. The first-order valence-corrected chi connectivity index (χ1v) is 7.75. The Hall–Kier alpha value is -1.86. The summed E-state index contributed by atoms with van der Waals surface area (Å²) >= 11 is 1.56. The number of rotatable bonds is 8. The van der Waals surface area contributed by atoms with Crippen molar-refractivity contribution in [2.75, 3.05) is 19.8 Å². The third kappa shape index (κ3) is 5.20. The van der Waals surface area contributed by atoms with Gasteiger partial charge in [-0.1, -0.05) is 6.07 Å². The molecule has 0 unspecified atom stereocenters. The molecular formula is C14H19N3O3S. The van der Waals surface area contributed by atoms with Gasteiger partial charge >= 0.3 is 6.03 Å². The lowest BCUT2D eigenvalue weighted by molar-refractivity contribution is 0.145. The van der Waals surface area contributed by atoms with E-state index in [1.54, 1.807) is 17.6 Å². The van der Waals surface area contributed by atoms with Crippen LogP contribution in [0.3, 0.4) is 0 Å². The van der Waals surface area contributed by atoms with E-state index in [0.717, 1.165) is 11.3 Å². The second-order valence-electron chi connectivity index (χ2n) is 4.28. The molecule has 0 aliphatic rings. The Balaban J connectivity index is 1.67. The van der Waals surface area contributed by atoms with Gasteiger partial charge in [0.05, 0.1) is 17.1 Å². The molecule has 0 spiro atoms. The first-order chi connectivity index (χ1) is 10.3. The van der Waals surface area contributed by atoms with Gasteiger partial charge in [-0.05, 0) is 24.8 Å². The molecule has 0 atom stereocenters. The van der Waals surface area contributed by atoms with Crippen molar-refractivity contribution in [1.29, 1.82) is 0 Å². The van der Waals surface area contributed by atoms with E-state index in [4.69, 9.17) is 9.15 Å². The van der Waals surface area contributed by atoms with Gasteiger partial charge in [-0.3, -0.25) is 0 Å². The Bertz CT molecular complexity index is 539. The Morgan fingerprint density at radius 1 is 1.48 bits per heavy atom. The predicted molar refractivity (Wildman–Crippen MR) is 81.2 cm³/mol. The number of carbonyl (C=O) groups is 1. The molecule has 21 heavy (non-hydrogen) atoms. The summed E-state index contributed by atoms with van der Waals surface area (Å²) in [7, 11) is 0. The zero-order valence-electron chi connectivity index (χ0n) is 11.9. The molecule has 0 fully saturated rings. The summed E-state index contributed by atoms with van der Waals surface area (Å²) in [4.78, 5) is 16.9. The zero-order chi connectivity index (χ0) is 14.9. The van der Waals surface area contributed by atoms with Gasteiger partial charge < -0.3 is 19.8 Å². The van der Waals surface area contributed by atoms with E-state index >= 15 is 0 Å². The summed E-state index contributed by atoms with van der Waals surface area (Å²) < 4.78 is 10.6. The average molecular weight is 309 g/mol. The van der Waals surface area contributed by atoms with Gasteiger partial charge in [-0.2, -0.15) is 0 Å². The number of amides is 2. The van der Waals surface area contributed by atoms with Crippen LogP contribution in [0, 0.1) is 0 Å². The van der Waals surface area contributed by atoms with Crippen LogP contribution < -0.4 is 10.6 Å². The van der Waals surface area contributed by atoms with Gasteiger partial charge in [0.2, 0.25) is 5.89 Å². The van der Waals surface area contributed by atoms with E-state index in [9.17, 15) is 4.79 Å². The Morgan fingerprint density at radius 2 is 2.38 bits per heavy atom. The molecule has 2 amide bonds. The quantitative estimate of drug-likeness (QED) is 0.735. The minimum absolute atomic E-state index is 0.216. The molecule has 2 heterocycles. The van der Waals surface area contributed by atoms with Crippen molar-refractivity contribution >= 4 is 17.4 Å². The molecule has 0 bridgehead atoms. The van der Waals surface area contributed by atoms with Crippen LogP contribution in [0.1, 0.15) is 19.0 Å². The molecule has 2 rings (SSSR count). The maximum Gasteiger partial charge on any atom is 0.315 e. The summed E-state index contributed by atoms with van der Waals surface area (Å²) in [6.45, 7) is 4.23. The van der Waals surface area contributed by atoms with Crippen molar-refractivity contribution in [3.63, 3.8) is 0 Å². The molecule has 114 valence electrons. The fourth-order valence-corrected chi connectivity index (χ4v) is 2.31. The number of ether oxygens (including phenoxy) is 1. The van der Waals surface area contributed by atoms with Gasteiger partial charge in [0.25, 0.3) is 0 Å². The summed E-state index contributed by atoms with van der Waals surface area (Å²) in [5.74, 6) is 0.582. The minimum atomic E-state index is -0.216. The van der Waals surface area contributed by atoms with Crippen LogP contribution >= 0.6 is 11.3 Å². The van der Waals surface area contributed by atoms with Crippen LogP contribution in [0.25, 0.3) is 10.8 Å². The predicted octanol–water partition coefficient (Wildman–Crippen LogP) is 2.63. The van der Waals surface area contributed by atoms with Gasteiger partial charge in [0, 0.05) is 19.8 Å². The highest BCUT2D eigenvalue weighted by molar-refractivity contribution is 7.13. The molecule has 0 saturated carbocycles. The smallest absolute Gasteiger partial charge is 0.315 e. The fraction of sp³-hybridized carbons (Fsp3) is 0.429. The Kier molecular flexibility index (Phi) is 6.23. The SMILES string of the molecule is CCOCCCNC(=O)NCc1coc(-c2cccs2)n1. The standard InChI is InChI=1S/C14H19N3O3S/c1-2-19-7-4-6-15-14(18)16-9-11-10-20-13(17-11)12-5-3-8-21-12/h3,5,8,10H,2,4,6-7,9H2,1H3,(H2,15,16,18). The van der Waals surface area contributed by atoms with Crippen LogP contribution in [-0.2, 0) is 11.3 Å². The molecule has 6 nitrogen and oxygen atoms in total. The van der Waals surface area contributed by atoms with E-state index in [-0.39, 0.29) is 6.03 Å². The highest BCUT2D eigenvalue weighted by Crippen LogP contribution is 2.23. The number of nitrogens with zero attached hydrogens (tertiary/aromatic N) is 1. The molecule has 0 saturated heterocycles. The maximum absolute atomic E-state index is 11.6. The molecular weight excluding hydrogens is 290 g/mol. The number of thiophene rings is 1. The average Bonchev–Trinajstić information content (AvgIpc) is 3.15. The van der Waals surface area contributed by atoms with Crippen LogP contribution in [0.2, 0.25) is 0 Å². The lowest BCUT2D eigenvalue weighted by Gasteiger charge is -2.06. The van der Waals surface area contributed by atoms with Crippen molar-refractivity contribution in [1.82, 2.24) is 15.6 Å². The molecule has 2 N–H and O–H groups in total. The summed E-state index contributed by atoms with van der Waals surface area (Å²) in [5, 5.41) is 7.46. The van der Waals surface area contributed by atoms with E-state index < -0.39 is 0 Å². The van der Waals surface area contributed by atoms with Crippen LogP contribution in [0.15, 0.2) is 28.2 Å². The van der Waals surface area contributed by atoms with E-state index in [1.165, 1.54) is 0 Å². The molecule has 2 aromatic rings.